The number of quaternary nitrogens is 1. The van der Waals surface area contributed by atoms with Crippen molar-refractivity contribution in [1.29, 1.82) is 0 Å². The molecule has 0 aliphatic heterocycles. The molecule has 1 atom stereocenters. The van der Waals surface area contributed by atoms with Gasteiger partial charge in [-0.2, -0.15) is 0 Å². The maximum absolute atomic E-state index is 9.20. The van der Waals surface area contributed by atoms with Crippen LogP contribution in [0.1, 0.15) is 18.9 Å². The molecule has 0 aliphatic carbocycles. The van der Waals surface area contributed by atoms with Gasteiger partial charge < -0.3 is 19.9 Å². The molecule has 0 spiro atoms. The third-order valence-corrected chi connectivity index (χ3v) is 3.62. The molecule has 0 saturated carbocycles. The molecule has 1 aromatic rings. The van der Waals surface area contributed by atoms with E-state index in [-0.39, 0.29) is 19.3 Å². The van der Waals surface area contributed by atoms with Gasteiger partial charge in [0, 0.05) is 5.56 Å². The molecule has 3 N–H and O–H groups in total. The van der Waals surface area contributed by atoms with Gasteiger partial charge in [0.2, 0.25) is 0 Å². The maximum atomic E-state index is 9.20. The van der Waals surface area contributed by atoms with Crippen LogP contribution in [0.2, 0.25) is 0 Å². The van der Waals surface area contributed by atoms with E-state index in [2.05, 4.69) is 34.1 Å². The molecule has 0 unspecified atom stereocenters. The van der Waals surface area contributed by atoms with Gasteiger partial charge in [0.25, 0.3) is 0 Å². The molecule has 1 aromatic carbocycles. The van der Waals surface area contributed by atoms with E-state index >= 15 is 0 Å². The molecule has 4 nitrogen and oxygen atoms in total. The number of aliphatic hydroxyl groups is 1. The van der Waals surface area contributed by atoms with E-state index in [0.717, 1.165) is 23.0 Å². The van der Waals surface area contributed by atoms with E-state index in [1.165, 1.54) is 0 Å². The van der Waals surface area contributed by atoms with Gasteiger partial charge in [0.1, 0.15) is 19.2 Å². The van der Waals surface area contributed by atoms with Crippen LogP contribution in [0, 0.1) is 12.3 Å². The van der Waals surface area contributed by atoms with Crippen molar-refractivity contribution in [2.45, 2.75) is 25.9 Å². The second kappa shape index (κ2) is 8.85. The number of terminal acetylenes is 1. The quantitative estimate of drug-likeness (QED) is 0.700. The van der Waals surface area contributed by atoms with E-state index in [1.807, 2.05) is 12.1 Å². The number of methoxy groups -OCH3 is 1. The van der Waals surface area contributed by atoms with Crippen LogP contribution in [0.25, 0.3) is 0 Å². The van der Waals surface area contributed by atoms with Gasteiger partial charge in [-0.25, -0.2) is 0 Å². The second-order valence-corrected chi connectivity index (χ2v) is 5.25. The van der Waals surface area contributed by atoms with Crippen molar-refractivity contribution >= 4 is 15.9 Å². The Kier molecular flexibility index (Phi) is 7.45. The molecule has 0 bridgehead atoms. The Balaban J connectivity index is 2.84. The molecule has 20 heavy (non-hydrogen) atoms. The first-order valence-electron chi connectivity index (χ1n) is 6.53. The highest BCUT2D eigenvalue weighted by Crippen LogP contribution is 2.36. The first-order valence-corrected chi connectivity index (χ1v) is 7.32. The van der Waals surface area contributed by atoms with Gasteiger partial charge >= 0.3 is 0 Å². The zero-order valence-corrected chi connectivity index (χ0v) is 13.4. The molecule has 0 heterocycles. The van der Waals surface area contributed by atoms with Crippen molar-refractivity contribution in [1.82, 2.24) is 0 Å². The third kappa shape index (κ3) is 4.71. The van der Waals surface area contributed by atoms with Crippen LogP contribution < -0.4 is 14.8 Å². The summed E-state index contributed by atoms with van der Waals surface area (Å²) < 4.78 is 11.6. The minimum Gasteiger partial charge on any atom is -0.493 e. The topological polar surface area (TPSA) is 55.3 Å². The predicted octanol–water partition coefficient (Wildman–Crippen LogP) is 1.30. The van der Waals surface area contributed by atoms with Crippen LogP contribution in [-0.2, 0) is 6.54 Å². The zero-order chi connectivity index (χ0) is 15.0. The summed E-state index contributed by atoms with van der Waals surface area (Å²) in [4.78, 5) is 0. The van der Waals surface area contributed by atoms with E-state index in [9.17, 15) is 5.11 Å². The lowest BCUT2D eigenvalue weighted by Gasteiger charge is -2.14. The van der Waals surface area contributed by atoms with E-state index < -0.39 is 0 Å². The molecule has 0 radical (unpaired) electrons. The van der Waals surface area contributed by atoms with Crippen molar-refractivity contribution in [2.75, 3.05) is 20.3 Å². The summed E-state index contributed by atoms with van der Waals surface area (Å²) in [6, 6.07) is 4.13. The standard InChI is InChI=1S/C15H20BrNO3/c1-4-6-20-15-13(16)7-11(8-14(15)19-3)9-17-12(5-2)10-18/h1,7-8,12,17-18H,5-6,9-10H2,2-3H3/p+1/t12-/m1/s1. The highest BCUT2D eigenvalue weighted by molar-refractivity contribution is 9.10. The molecule has 110 valence electrons. The molecule has 0 saturated heterocycles. The van der Waals surface area contributed by atoms with Gasteiger partial charge in [-0.1, -0.05) is 12.8 Å². The van der Waals surface area contributed by atoms with Crippen LogP contribution in [-0.4, -0.2) is 31.5 Å². The van der Waals surface area contributed by atoms with Crippen molar-refractivity contribution < 1.29 is 19.9 Å². The van der Waals surface area contributed by atoms with Crippen molar-refractivity contribution in [3.63, 3.8) is 0 Å². The number of hydrogen-bond acceptors (Lipinski definition) is 3. The van der Waals surface area contributed by atoms with Gasteiger partial charge in [0.05, 0.1) is 18.2 Å². The summed E-state index contributed by atoms with van der Waals surface area (Å²) in [6.45, 7) is 3.20. The largest absolute Gasteiger partial charge is 0.493 e. The minimum atomic E-state index is 0.179. The smallest absolute Gasteiger partial charge is 0.176 e. The third-order valence-electron chi connectivity index (χ3n) is 3.03. The summed E-state index contributed by atoms with van der Waals surface area (Å²) in [5.74, 6) is 3.69. The number of hydrogen-bond donors (Lipinski definition) is 2. The number of nitrogens with two attached hydrogens (primary N) is 1. The fraction of sp³-hybridized carbons (Fsp3) is 0.467. The highest BCUT2D eigenvalue weighted by Gasteiger charge is 2.14. The Labute approximate surface area is 128 Å². The fourth-order valence-corrected chi connectivity index (χ4v) is 2.42. The van der Waals surface area contributed by atoms with Gasteiger partial charge in [-0.15, -0.1) is 6.42 Å². The molecule has 0 aromatic heterocycles. The Morgan fingerprint density at radius 1 is 1.50 bits per heavy atom. The van der Waals surface area contributed by atoms with Crippen LogP contribution in [0.5, 0.6) is 11.5 Å². The molecule has 0 aliphatic rings. The van der Waals surface area contributed by atoms with Crippen LogP contribution in [0.4, 0.5) is 0 Å². The lowest BCUT2D eigenvalue weighted by atomic mass is 10.1. The van der Waals surface area contributed by atoms with Crippen molar-refractivity contribution in [3.8, 4) is 23.8 Å². The van der Waals surface area contributed by atoms with E-state index in [1.54, 1.807) is 7.11 Å². The first-order chi connectivity index (χ1) is 9.65. The fourth-order valence-electron chi connectivity index (χ4n) is 1.82. The summed E-state index contributed by atoms with van der Waals surface area (Å²) in [5.41, 5.74) is 1.09. The molecule has 1 rings (SSSR count). The summed E-state index contributed by atoms with van der Waals surface area (Å²) in [7, 11) is 1.60. The molecular weight excluding hydrogens is 322 g/mol. The molecule has 5 heteroatoms. The number of rotatable bonds is 8. The summed E-state index contributed by atoms with van der Waals surface area (Å²) in [5, 5.41) is 11.3. The van der Waals surface area contributed by atoms with Crippen LogP contribution in [0.3, 0.4) is 0 Å². The molecule has 0 fully saturated rings. The van der Waals surface area contributed by atoms with Gasteiger partial charge in [-0.05, 0) is 34.5 Å². The SMILES string of the molecule is C#CCOc1c(Br)cc(C[NH2+][C@H](CC)CO)cc1OC. The highest BCUT2D eigenvalue weighted by atomic mass is 79.9. The second-order valence-electron chi connectivity index (χ2n) is 4.39. The zero-order valence-electron chi connectivity index (χ0n) is 11.9. The molecule has 0 amide bonds. The average molecular weight is 343 g/mol. The Morgan fingerprint density at radius 2 is 2.25 bits per heavy atom. The van der Waals surface area contributed by atoms with Crippen molar-refractivity contribution in [3.05, 3.63) is 22.2 Å². The number of ether oxygens (including phenoxy) is 2. The Hall–Kier alpha value is -1.22. The van der Waals surface area contributed by atoms with E-state index in [4.69, 9.17) is 15.9 Å². The van der Waals surface area contributed by atoms with E-state index in [0.29, 0.717) is 11.5 Å². The number of aliphatic hydroxyl groups excluding tert-OH is 1. The van der Waals surface area contributed by atoms with Crippen LogP contribution in [0.15, 0.2) is 16.6 Å². The predicted molar refractivity (Wildman–Crippen MR) is 81.8 cm³/mol. The van der Waals surface area contributed by atoms with Crippen molar-refractivity contribution in [2.24, 2.45) is 0 Å². The average Bonchev–Trinajstić information content (AvgIpc) is 2.46. The minimum absolute atomic E-state index is 0.179. The lowest BCUT2D eigenvalue weighted by Crippen LogP contribution is -2.89. The first kappa shape index (κ1) is 16.8. The number of halogens is 1. The van der Waals surface area contributed by atoms with Crippen LogP contribution >= 0.6 is 15.9 Å². The Morgan fingerprint density at radius 3 is 2.80 bits per heavy atom. The van der Waals surface area contributed by atoms with Gasteiger partial charge in [0.15, 0.2) is 11.5 Å². The number of benzene rings is 1. The molecular formula is C15H21BrNO3+. The summed E-state index contributed by atoms with van der Waals surface area (Å²) in [6.07, 6.45) is 6.13. The lowest BCUT2D eigenvalue weighted by molar-refractivity contribution is -0.706. The maximum Gasteiger partial charge on any atom is 0.176 e. The van der Waals surface area contributed by atoms with Gasteiger partial charge in [-0.3, -0.25) is 0 Å². The Bertz CT molecular complexity index is 467. The monoisotopic (exact) mass is 342 g/mol. The summed E-state index contributed by atoms with van der Waals surface area (Å²) >= 11 is 3.47. The normalized spacial score (nSPS) is 11.8.